The number of rotatable bonds is 6. The molecule has 1 unspecified atom stereocenters. The fourth-order valence-electron chi connectivity index (χ4n) is 1.89. The second-order valence-electron chi connectivity index (χ2n) is 4.51. The van der Waals surface area contributed by atoms with Gasteiger partial charge in [-0.25, -0.2) is 0 Å². The second-order valence-corrected chi connectivity index (χ2v) is 4.89. The van der Waals surface area contributed by atoms with E-state index in [9.17, 15) is 0 Å². The van der Waals surface area contributed by atoms with Gasteiger partial charge in [-0.3, -0.25) is 16.0 Å². The molecule has 1 heterocycles. The molecule has 1 aromatic rings. The van der Waals surface area contributed by atoms with Gasteiger partial charge >= 0.3 is 0 Å². The van der Waals surface area contributed by atoms with Crippen LogP contribution in [0.15, 0.2) is 0 Å². The summed E-state index contributed by atoms with van der Waals surface area (Å²) in [5, 5.41) is 5.17. The summed E-state index contributed by atoms with van der Waals surface area (Å²) in [6, 6.07) is 0.169. The van der Waals surface area contributed by atoms with Gasteiger partial charge in [-0.1, -0.05) is 18.5 Å². The minimum absolute atomic E-state index is 0.169. The fourth-order valence-corrected chi connectivity index (χ4v) is 2.26. The zero-order chi connectivity index (χ0) is 13.0. The lowest BCUT2D eigenvalue weighted by Crippen LogP contribution is -2.44. The number of hydrazine groups is 1. The number of aryl methyl sites for hydroxylation is 2. The topological polar surface area (TPSA) is 59.1 Å². The van der Waals surface area contributed by atoms with E-state index in [4.69, 9.17) is 17.4 Å². The van der Waals surface area contributed by atoms with Crippen molar-refractivity contribution in [3.8, 4) is 0 Å². The van der Waals surface area contributed by atoms with Crippen LogP contribution >= 0.6 is 11.6 Å². The molecule has 0 saturated heterocycles. The Balaban J connectivity index is 2.82. The molecule has 0 aliphatic rings. The van der Waals surface area contributed by atoms with Gasteiger partial charge in [0.15, 0.2) is 0 Å². The van der Waals surface area contributed by atoms with Crippen LogP contribution in [0.2, 0.25) is 5.02 Å². The van der Waals surface area contributed by atoms with Gasteiger partial charge in [0.25, 0.3) is 0 Å². The van der Waals surface area contributed by atoms with Crippen LogP contribution in [0, 0.1) is 0 Å². The maximum absolute atomic E-state index is 6.30. The lowest BCUT2D eigenvalue weighted by Gasteiger charge is -2.20. The molecular weight excluding hydrogens is 238 g/mol. The minimum Gasteiger partial charge on any atom is -0.308 e. The maximum atomic E-state index is 6.30. The van der Waals surface area contributed by atoms with Crippen LogP contribution in [-0.2, 0) is 19.9 Å². The SMILES string of the molecule is CCc1nn(C)c(CC(CN(C)C)NN)c1Cl. The molecular formula is C11H22ClN5. The zero-order valence-electron chi connectivity index (χ0n) is 11.0. The van der Waals surface area contributed by atoms with Crippen LogP contribution in [0.25, 0.3) is 0 Å². The number of aromatic nitrogens is 2. The van der Waals surface area contributed by atoms with Gasteiger partial charge in [0.2, 0.25) is 0 Å². The molecule has 0 fully saturated rings. The highest BCUT2D eigenvalue weighted by Gasteiger charge is 2.17. The first-order valence-corrected chi connectivity index (χ1v) is 6.18. The first kappa shape index (κ1) is 14.4. The van der Waals surface area contributed by atoms with Gasteiger partial charge < -0.3 is 4.90 Å². The molecule has 0 aromatic carbocycles. The van der Waals surface area contributed by atoms with Crippen molar-refractivity contribution in [1.82, 2.24) is 20.1 Å². The molecule has 98 valence electrons. The van der Waals surface area contributed by atoms with Crippen molar-refractivity contribution >= 4 is 11.6 Å². The third-order valence-electron chi connectivity index (χ3n) is 2.76. The quantitative estimate of drug-likeness (QED) is 0.579. The number of nitrogens with zero attached hydrogens (tertiary/aromatic N) is 3. The summed E-state index contributed by atoms with van der Waals surface area (Å²) in [6.07, 6.45) is 1.62. The van der Waals surface area contributed by atoms with Crippen molar-refractivity contribution < 1.29 is 0 Å². The number of likely N-dealkylation sites (N-methyl/N-ethyl adjacent to an activating group) is 1. The third-order valence-corrected chi connectivity index (χ3v) is 3.20. The first-order chi connectivity index (χ1) is 7.99. The van der Waals surface area contributed by atoms with E-state index in [1.807, 2.05) is 25.8 Å². The van der Waals surface area contributed by atoms with E-state index in [2.05, 4.69) is 22.3 Å². The Labute approximate surface area is 108 Å². The van der Waals surface area contributed by atoms with Crippen molar-refractivity contribution in [1.29, 1.82) is 0 Å². The Morgan fingerprint density at radius 3 is 2.59 bits per heavy atom. The van der Waals surface area contributed by atoms with Gasteiger partial charge in [-0.2, -0.15) is 5.10 Å². The van der Waals surface area contributed by atoms with Crippen molar-refractivity contribution in [2.75, 3.05) is 20.6 Å². The molecule has 1 rings (SSSR count). The number of halogens is 1. The van der Waals surface area contributed by atoms with Gasteiger partial charge in [0.1, 0.15) is 0 Å². The highest BCUT2D eigenvalue weighted by Crippen LogP contribution is 2.22. The summed E-state index contributed by atoms with van der Waals surface area (Å²) in [5.41, 5.74) is 4.81. The molecule has 0 bridgehead atoms. The van der Waals surface area contributed by atoms with Gasteiger partial charge in [0, 0.05) is 26.1 Å². The molecule has 6 heteroatoms. The predicted molar refractivity (Wildman–Crippen MR) is 71.0 cm³/mol. The Morgan fingerprint density at radius 1 is 1.53 bits per heavy atom. The maximum Gasteiger partial charge on any atom is 0.0850 e. The normalized spacial score (nSPS) is 13.4. The van der Waals surface area contributed by atoms with Crippen LogP contribution in [0.4, 0.5) is 0 Å². The lowest BCUT2D eigenvalue weighted by molar-refractivity contribution is 0.335. The summed E-state index contributed by atoms with van der Waals surface area (Å²) >= 11 is 6.30. The van der Waals surface area contributed by atoms with Gasteiger partial charge in [-0.15, -0.1) is 0 Å². The summed E-state index contributed by atoms with van der Waals surface area (Å²) in [5.74, 6) is 5.56. The van der Waals surface area contributed by atoms with Crippen LogP contribution < -0.4 is 11.3 Å². The van der Waals surface area contributed by atoms with E-state index in [0.717, 1.165) is 35.8 Å². The van der Waals surface area contributed by atoms with Crippen molar-refractivity contribution in [2.24, 2.45) is 12.9 Å². The Hall–Kier alpha value is -0.620. The molecule has 0 radical (unpaired) electrons. The summed E-state index contributed by atoms with van der Waals surface area (Å²) in [4.78, 5) is 2.09. The monoisotopic (exact) mass is 259 g/mol. The van der Waals surface area contributed by atoms with Crippen LogP contribution in [0.1, 0.15) is 18.3 Å². The molecule has 0 saturated carbocycles. The number of hydrogen-bond acceptors (Lipinski definition) is 4. The number of hydrogen-bond donors (Lipinski definition) is 2. The summed E-state index contributed by atoms with van der Waals surface area (Å²) in [6.45, 7) is 2.91. The predicted octanol–water partition coefficient (Wildman–Crippen LogP) is 0.572. The van der Waals surface area contributed by atoms with Crippen LogP contribution in [-0.4, -0.2) is 41.4 Å². The molecule has 0 spiro atoms. The second kappa shape index (κ2) is 6.35. The van der Waals surface area contributed by atoms with Crippen molar-refractivity contribution in [3.05, 3.63) is 16.4 Å². The van der Waals surface area contributed by atoms with E-state index in [1.165, 1.54) is 0 Å². The average Bonchev–Trinajstić information content (AvgIpc) is 2.54. The summed E-state index contributed by atoms with van der Waals surface area (Å²) < 4.78 is 1.85. The smallest absolute Gasteiger partial charge is 0.0850 e. The minimum atomic E-state index is 0.169. The highest BCUT2D eigenvalue weighted by atomic mass is 35.5. The Bertz CT molecular complexity index is 361. The van der Waals surface area contributed by atoms with E-state index >= 15 is 0 Å². The first-order valence-electron chi connectivity index (χ1n) is 5.80. The van der Waals surface area contributed by atoms with Crippen molar-refractivity contribution in [3.63, 3.8) is 0 Å². The largest absolute Gasteiger partial charge is 0.308 e. The molecule has 0 aliphatic carbocycles. The van der Waals surface area contributed by atoms with Crippen molar-refractivity contribution in [2.45, 2.75) is 25.8 Å². The van der Waals surface area contributed by atoms with Gasteiger partial charge in [-0.05, 0) is 20.5 Å². The molecule has 17 heavy (non-hydrogen) atoms. The van der Waals surface area contributed by atoms with E-state index in [0.29, 0.717) is 0 Å². The Morgan fingerprint density at radius 2 is 2.18 bits per heavy atom. The molecule has 0 aliphatic heterocycles. The van der Waals surface area contributed by atoms with Crippen LogP contribution in [0.5, 0.6) is 0 Å². The average molecular weight is 260 g/mol. The molecule has 3 N–H and O–H groups in total. The zero-order valence-corrected chi connectivity index (χ0v) is 11.8. The standard InChI is InChI=1S/C11H22ClN5/c1-5-9-11(12)10(17(4)15-9)6-8(14-13)7-16(2)3/h8,14H,5-7,13H2,1-4H3. The molecule has 1 atom stereocenters. The molecule has 0 amide bonds. The van der Waals surface area contributed by atoms with Crippen LogP contribution in [0.3, 0.4) is 0 Å². The van der Waals surface area contributed by atoms with Gasteiger partial charge in [0.05, 0.1) is 16.4 Å². The van der Waals surface area contributed by atoms with E-state index in [1.54, 1.807) is 0 Å². The van der Waals surface area contributed by atoms with E-state index in [-0.39, 0.29) is 6.04 Å². The lowest BCUT2D eigenvalue weighted by atomic mass is 10.1. The molecule has 1 aromatic heterocycles. The Kier molecular flexibility index (Phi) is 5.39. The number of nitrogens with two attached hydrogens (primary N) is 1. The fraction of sp³-hybridized carbons (Fsp3) is 0.727. The number of nitrogens with one attached hydrogen (secondary N) is 1. The van der Waals surface area contributed by atoms with E-state index < -0.39 is 0 Å². The highest BCUT2D eigenvalue weighted by molar-refractivity contribution is 6.31. The third kappa shape index (κ3) is 3.67. The molecule has 5 nitrogen and oxygen atoms in total. The summed E-state index contributed by atoms with van der Waals surface area (Å²) in [7, 11) is 5.96.